The minimum atomic E-state index is 0. The van der Waals surface area contributed by atoms with Crippen LogP contribution >= 0.6 is 15.9 Å². The van der Waals surface area contributed by atoms with E-state index in [2.05, 4.69) is 22.9 Å². The van der Waals surface area contributed by atoms with Gasteiger partial charge in [-0.3, -0.25) is 0 Å². The van der Waals surface area contributed by atoms with Gasteiger partial charge < -0.3 is 6.92 Å². The van der Waals surface area contributed by atoms with Gasteiger partial charge in [-0.1, -0.05) is 0 Å². The van der Waals surface area contributed by atoms with E-state index in [-0.39, 0.29) is 51.4 Å². The van der Waals surface area contributed by atoms with Crippen molar-refractivity contribution in [2.24, 2.45) is 0 Å². The summed E-state index contributed by atoms with van der Waals surface area (Å²) in [6.45, 7) is 3.40. The van der Waals surface area contributed by atoms with Gasteiger partial charge in [-0.2, -0.15) is 0 Å². The van der Waals surface area contributed by atoms with Gasteiger partial charge in [0.15, 0.2) is 0 Å². The smallest absolute Gasteiger partial charge is 0.333 e. The van der Waals surface area contributed by atoms with Gasteiger partial charge in [-0.05, 0) is 0 Å². The molecule has 0 fully saturated rings. The fourth-order valence-corrected chi connectivity index (χ4v) is 0. The number of hydrogen-bond donors (Lipinski definition) is 0. The predicted octanol–water partition coefficient (Wildman–Crippen LogP) is -1.78. The Hall–Kier alpha value is 2.12. The molecule has 0 aliphatic heterocycles. The Kier molecular flexibility index (Phi) is 21.1. The summed E-state index contributed by atoms with van der Waals surface area (Å²) in [5, 5.41) is 0.812. The van der Waals surface area contributed by atoms with E-state index >= 15 is 0 Å². The van der Waals surface area contributed by atoms with Gasteiger partial charge in [-0.25, -0.2) is 0 Å². The van der Waals surface area contributed by atoms with Crippen LogP contribution in [0.4, 0.5) is 0 Å². The second-order valence-electron chi connectivity index (χ2n) is 0.189. The molecule has 0 saturated carbocycles. The third-order valence-corrected chi connectivity index (χ3v) is 0. The number of alkyl halides is 1. The van der Waals surface area contributed by atoms with Gasteiger partial charge in [0.2, 0.25) is 0 Å². The first kappa shape index (κ1) is 9.45. The van der Waals surface area contributed by atoms with Crippen molar-refractivity contribution in [1.29, 1.82) is 0 Å². The van der Waals surface area contributed by atoms with Crippen LogP contribution in [0.25, 0.3) is 0 Å². The molecule has 0 aliphatic rings. The molecule has 0 bridgehead atoms. The molecule has 0 aromatic carbocycles. The number of rotatable bonds is 0. The average Bonchev–Trinajstić information content (AvgIpc) is 0.918. The van der Waals surface area contributed by atoms with Crippen LogP contribution in [0.1, 0.15) is 0 Å². The summed E-state index contributed by atoms with van der Waals surface area (Å²) in [4.78, 5) is 0. The van der Waals surface area contributed by atoms with Crippen molar-refractivity contribution in [3.63, 3.8) is 0 Å². The first-order valence-corrected chi connectivity index (χ1v) is 1.89. The zero-order valence-electron chi connectivity index (χ0n) is 2.79. The Bertz CT molecular complexity index is 6.00. The van der Waals surface area contributed by atoms with Crippen LogP contribution in [0.5, 0.6) is 0 Å². The van der Waals surface area contributed by atoms with Crippen LogP contribution in [0, 0.1) is 6.92 Å². The molecule has 0 saturated heterocycles. The molecule has 0 amide bonds. The van der Waals surface area contributed by atoms with E-state index in [1.807, 2.05) is 0 Å². The first-order valence-electron chi connectivity index (χ1n) is 0.767. The van der Waals surface area contributed by atoms with Gasteiger partial charge >= 0.3 is 51.4 Å². The van der Waals surface area contributed by atoms with Crippen molar-refractivity contribution in [2.75, 3.05) is 5.33 Å². The van der Waals surface area contributed by atoms with E-state index < -0.39 is 0 Å². The van der Waals surface area contributed by atoms with Crippen molar-refractivity contribution >= 4 is 15.9 Å². The summed E-state index contributed by atoms with van der Waals surface area (Å²) >= 11 is 3.03. The average molecular weight is 147 g/mol. The second-order valence-corrected chi connectivity index (χ2v) is 0.982. The van der Waals surface area contributed by atoms with Crippen LogP contribution in [-0.2, 0) is 0 Å². The van der Waals surface area contributed by atoms with E-state index in [4.69, 9.17) is 0 Å². The standard InChI is InChI=1S/C2H4Br.K/c1-2-3;/h1-2H2;/q-1;+1. The van der Waals surface area contributed by atoms with Crippen molar-refractivity contribution < 1.29 is 51.4 Å². The van der Waals surface area contributed by atoms with Crippen molar-refractivity contribution in [3.05, 3.63) is 6.92 Å². The molecule has 0 spiro atoms. The zero-order chi connectivity index (χ0) is 2.71. The maximum absolute atomic E-state index is 3.40. The molecule has 4 heavy (non-hydrogen) atoms. The third kappa shape index (κ3) is 8.93. The molecular formula is C2H4BrK. The van der Waals surface area contributed by atoms with Crippen molar-refractivity contribution in [3.8, 4) is 0 Å². The molecule has 20 valence electrons. The summed E-state index contributed by atoms with van der Waals surface area (Å²) in [7, 11) is 0. The minimum Gasteiger partial charge on any atom is -0.333 e. The van der Waals surface area contributed by atoms with Crippen molar-refractivity contribution in [1.82, 2.24) is 0 Å². The summed E-state index contributed by atoms with van der Waals surface area (Å²) in [5.74, 6) is 0. The minimum absolute atomic E-state index is 0. The Morgan fingerprint density at radius 2 is 1.75 bits per heavy atom. The third-order valence-electron chi connectivity index (χ3n) is 0. The van der Waals surface area contributed by atoms with Crippen molar-refractivity contribution in [2.45, 2.75) is 0 Å². The van der Waals surface area contributed by atoms with Crippen LogP contribution in [0.2, 0.25) is 0 Å². The molecule has 2 heteroatoms. The van der Waals surface area contributed by atoms with E-state index in [9.17, 15) is 0 Å². The molecule has 0 atom stereocenters. The number of hydrogen-bond acceptors (Lipinski definition) is 0. The molecule has 0 unspecified atom stereocenters. The molecule has 0 rings (SSSR count). The molecule has 0 aromatic rings. The Morgan fingerprint density at radius 3 is 1.75 bits per heavy atom. The van der Waals surface area contributed by atoms with Gasteiger partial charge in [0, 0.05) is 0 Å². The second kappa shape index (κ2) is 8.93. The predicted molar refractivity (Wildman–Crippen MR) is 19.2 cm³/mol. The fraction of sp³-hybridized carbons (Fsp3) is 0.500. The fourth-order valence-electron chi connectivity index (χ4n) is 0. The molecular weight excluding hydrogens is 143 g/mol. The Balaban J connectivity index is 0. The summed E-state index contributed by atoms with van der Waals surface area (Å²) < 4.78 is 0. The Morgan fingerprint density at radius 1 is 1.75 bits per heavy atom. The maximum atomic E-state index is 3.40. The largest absolute Gasteiger partial charge is 1.00 e. The molecule has 0 N–H and O–H groups in total. The van der Waals surface area contributed by atoms with E-state index in [0.717, 1.165) is 5.33 Å². The quantitative estimate of drug-likeness (QED) is 0.216. The number of halogens is 1. The van der Waals surface area contributed by atoms with E-state index in [0.29, 0.717) is 0 Å². The van der Waals surface area contributed by atoms with Gasteiger partial charge in [0.1, 0.15) is 0 Å². The first-order chi connectivity index (χ1) is 1.41. The van der Waals surface area contributed by atoms with Gasteiger partial charge in [-0.15, -0.1) is 21.3 Å². The van der Waals surface area contributed by atoms with Crippen LogP contribution in [0.3, 0.4) is 0 Å². The molecule has 0 aliphatic carbocycles. The molecule has 0 heterocycles. The van der Waals surface area contributed by atoms with E-state index in [1.165, 1.54) is 0 Å². The van der Waals surface area contributed by atoms with Gasteiger partial charge in [0.05, 0.1) is 0 Å². The monoisotopic (exact) mass is 146 g/mol. The van der Waals surface area contributed by atoms with Crippen LogP contribution in [-0.4, -0.2) is 5.33 Å². The van der Waals surface area contributed by atoms with E-state index in [1.54, 1.807) is 0 Å². The molecule has 0 nitrogen and oxygen atoms in total. The topological polar surface area (TPSA) is 0 Å². The molecule has 0 aromatic heterocycles. The summed E-state index contributed by atoms with van der Waals surface area (Å²) in [6, 6.07) is 0. The Labute approximate surface area is 77.9 Å². The maximum Gasteiger partial charge on any atom is 1.00 e. The SMILES string of the molecule is [CH2-]CBr.[K+]. The summed E-state index contributed by atoms with van der Waals surface area (Å²) in [6.07, 6.45) is 0. The van der Waals surface area contributed by atoms with Crippen LogP contribution < -0.4 is 51.4 Å². The summed E-state index contributed by atoms with van der Waals surface area (Å²) in [5.41, 5.74) is 0. The zero-order valence-corrected chi connectivity index (χ0v) is 7.50. The van der Waals surface area contributed by atoms with Crippen LogP contribution in [0.15, 0.2) is 0 Å². The van der Waals surface area contributed by atoms with Gasteiger partial charge in [0.25, 0.3) is 0 Å². The normalized spacial score (nSPS) is 4.50. The molecule has 0 radical (unpaired) electrons.